The predicted octanol–water partition coefficient (Wildman–Crippen LogP) is 5.10. The van der Waals surface area contributed by atoms with Crippen LogP contribution in [0.15, 0.2) is 66.0 Å². The molecule has 0 saturated heterocycles. The van der Waals surface area contributed by atoms with Crippen molar-refractivity contribution in [2.75, 3.05) is 18.5 Å². The predicted molar refractivity (Wildman–Crippen MR) is 114 cm³/mol. The highest BCUT2D eigenvalue weighted by atomic mass is 32.1. The number of hydrogen-bond acceptors (Lipinski definition) is 4. The molecule has 1 aromatic heterocycles. The van der Waals surface area contributed by atoms with Crippen LogP contribution in [0.5, 0.6) is 0 Å². The summed E-state index contributed by atoms with van der Waals surface area (Å²) in [5, 5.41) is 4.76. The fourth-order valence-electron chi connectivity index (χ4n) is 3.71. The number of carbonyl (C=O) groups is 2. The average molecular weight is 407 g/mol. The molecule has 2 amide bonds. The van der Waals surface area contributed by atoms with Crippen molar-refractivity contribution in [3.8, 4) is 0 Å². The van der Waals surface area contributed by atoms with Gasteiger partial charge >= 0.3 is 6.09 Å². The summed E-state index contributed by atoms with van der Waals surface area (Å²) in [4.78, 5) is 28.4. The van der Waals surface area contributed by atoms with Gasteiger partial charge in [-0.15, -0.1) is 11.3 Å². The molecule has 5 nitrogen and oxygen atoms in total. The molecule has 148 valence electrons. The van der Waals surface area contributed by atoms with E-state index >= 15 is 0 Å². The molecule has 0 fully saturated rings. The normalized spacial score (nSPS) is 15.5. The Labute approximate surface area is 173 Å². The summed E-state index contributed by atoms with van der Waals surface area (Å²) < 4.78 is 4.92. The van der Waals surface area contributed by atoms with Gasteiger partial charge in [-0.05, 0) is 54.1 Å². The van der Waals surface area contributed by atoms with E-state index in [2.05, 4.69) is 28.9 Å². The summed E-state index contributed by atoms with van der Waals surface area (Å²) >= 11 is 1.75. The van der Waals surface area contributed by atoms with Gasteiger partial charge in [0.2, 0.25) is 0 Å². The lowest BCUT2D eigenvalue weighted by atomic mass is 9.92. The first kappa shape index (κ1) is 19.2. The Bertz CT molecular complexity index is 1020. The average Bonchev–Trinajstić information content (AvgIpc) is 3.22. The first-order valence-electron chi connectivity index (χ1n) is 9.63. The Morgan fingerprint density at radius 2 is 1.97 bits per heavy atom. The Balaban J connectivity index is 1.65. The molecule has 4 rings (SSSR count). The molecule has 3 aromatic rings. The number of nitrogens with one attached hydrogen (secondary N) is 1. The second-order valence-corrected chi connectivity index (χ2v) is 7.79. The van der Waals surface area contributed by atoms with Crippen LogP contribution >= 0.6 is 11.3 Å². The van der Waals surface area contributed by atoms with Gasteiger partial charge in [0.05, 0.1) is 12.6 Å². The van der Waals surface area contributed by atoms with Crippen molar-refractivity contribution in [1.82, 2.24) is 4.90 Å². The SMILES string of the molecule is CCOC(=O)Nc1cccc(C(=O)N2CCc3sccc3C2c2ccccc2)c1. The van der Waals surface area contributed by atoms with E-state index in [0.29, 0.717) is 24.4 Å². The maximum absolute atomic E-state index is 13.5. The quantitative estimate of drug-likeness (QED) is 0.655. The molecule has 0 spiro atoms. The van der Waals surface area contributed by atoms with Gasteiger partial charge < -0.3 is 9.64 Å². The lowest BCUT2D eigenvalue weighted by molar-refractivity contribution is 0.0696. The minimum Gasteiger partial charge on any atom is -0.450 e. The van der Waals surface area contributed by atoms with E-state index in [4.69, 9.17) is 4.74 Å². The molecule has 0 aliphatic carbocycles. The van der Waals surface area contributed by atoms with E-state index in [9.17, 15) is 9.59 Å². The minimum atomic E-state index is -0.528. The van der Waals surface area contributed by atoms with Gasteiger partial charge in [-0.2, -0.15) is 0 Å². The van der Waals surface area contributed by atoms with Crippen molar-refractivity contribution >= 4 is 29.0 Å². The van der Waals surface area contributed by atoms with Crippen molar-refractivity contribution in [2.24, 2.45) is 0 Å². The van der Waals surface area contributed by atoms with Gasteiger partial charge in [-0.3, -0.25) is 10.1 Å². The van der Waals surface area contributed by atoms with Crippen molar-refractivity contribution in [3.05, 3.63) is 87.6 Å². The third kappa shape index (κ3) is 4.03. The van der Waals surface area contributed by atoms with Crippen LogP contribution in [-0.2, 0) is 11.2 Å². The third-order valence-electron chi connectivity index (χ3n) is 4.97. The van der Waals surface area contributed by atoms with Gasteiger partial charge in [-0.1, -0.05) is 36.4 Å². The van der Waals surface area contributed by atoms with E-state index in [1.54, 1.807) is 42.5 Å². The highest BCUT2D eigenvalue weighted by Crippen LogP contribution is 2.38. The van der Waals surface area contributed by atoms with Crippen molar-refractivity contribution in [2.45, 2.75) is 19.4 Å². The van der Waals surface area contributed by atoms with Crippen LogP contribution in [0.3, 0.4) is 0 Å². The molecular formula is C23H22N2O3S. The van der Waals surface area contributed by atoms with Crippen molar-refractivity contribution in [3.63, 3.8) is 0 Å². The van der Waals surface area contributed by atoms with Crippen LogP contribution in [0.1, 0.15) is 39.3 Å². The molecule has 1 aliphatic heterocycles. The molecule has 1 unspecified atom stereocenters. The molecule has 0 radical (unpaired) electrons. The lowest BCUT2D eigenvalue weighted by Gasteiger charge is -2.36. The highest BCUT2D eigenvalue weighted by molar-refractivity contribution is 7.10. The fourth-order valence-corrected chi connectivity index (χ4v) is 4.61. The molecule has 1 atom stereocenters. The minimum absolute atomic E-state index is 0.0526. The molecule has 6 heteroatoms. The zero-order valence-corrected chi connectivity index (χ0v) is 16.9. The van der Waals surface area contributed by atoms with Crippen LogP contribution in [0, 0.1) is 0 Å². The summed E-state index contributed by atoms with van der Waals surface area (Å²) in [5.74, 6) is -0.0526. The van der Waals surface area contributed by atoms with Crippen LogP contribution < -0.4 is 5.32 Å². The van der Waals surface area contributed by atoms with Crippen LogP contribution in [0.2, 0.25) is 0 Å². The van der Waals surface area contributed by atoms with E-state index in [1.807, 2.05) is 23.1 Å². The number of hydrogen-bond donors (Lipinski definition) is 1. The number of amides is 2. The first-order valence-corrected chi connectivity index (χ1v) is 10.5. The van der Waals surface area contributed by atoms with E-state index in [0.717, 1.165) is 12.0 Å². The Kier molecular flexibility index (Phi) is 5.62. The molecule has 29 heavy (non-hydrogen) atoms. The first-order chi connectivity index (χ1) is 14.2. The summed E-state index contributed by atoms with van der Waals surface area (Å²) in [5.41, 5.74) is 3.38. The van der Waals surface area contributed by atoms with Crippen LogP contribution in [-0.4, -0.2) is 30.1 Å². The number of ether oxygens (including phenoxy) is 1. The summed E-state index contributed by atoms with van der Waals surface area (Å²) in [6.07, 6.45) is 0.322. The molecule has 2 heterocycles. The Hall–Kier alpha value is -3.12. The number of fused-ring (bicyclic) bond motifs is 1. The van der Waals surface area contributed by atoms with E-state index in [-0.39, 0.29) is 11.9 Å². The van der Waals surface area contributed by atoms with Crippen LogP contribution in [0.4, 0.5) is 10.5 Å². The maximum Gasteiger partial charge on any atom is 0.411 e. The molecule has 2 aromatic carbocycles. The Morgan fingerprint density at radius 1 is 1.14 bits per heavy atom. The van der Waals surface area contributed by atoms with Gasteiger partial charge in [0.1, 0.15) is 0 Å². The standard InChI is InChI=1S/C23H22N2O3S/c1-2-28-23(27)24-18-10-6-9-17(15-18)22(26)25-13-11-20-19(12-14-29-20)21(25)16-7-4-3-5-8-16/h3-10,12,14-15,21H,2,11,13H2,1H3,(H,24,27). The highest BCUT2D eigenvalue weighted by Gasteiger charge is 2.33. The van der Waals surface area contributed by atoms with Crippen LogP contribution in [0.25, 0.3) is 0 Å². The van der Waals surface area contributed by atoms with Gasteiger partial charge in [0.25, 0.3) is 5.91 Å². The molecular weight excluding hydrogens is 384 g/mol. The lowest BCUT2D eigenvalue weighted by Crippen LogP contribution is -2.40. The Morgan fingerprint density at radius 3 is 2.76 bits per heavy atom. The molecule has 0 bridgehead atoms. The van der Waals surface area contributed by atoms with Crippen molar-refractivity contribution in [1.29, 1.82) is 0 Å². The van der Waals surface area contributed by atoms with E-state index < -0.39 is 6.09 Å². The fraction of sp³-hybridized carbons (Fsp3) is 0.217. The summed E-state index contributed by atoms with van der Waals surface area (Å²) in [6.45, 7) is 2.69. The monoisotopic (exact) mass is 406 g/mol. The van der Waals surface area contributed by atoms with E-state index in [1.165, 1.54) is 10.4 Å². The maximum atomic E-state index is 13.5. The summed E-state index contributed by atoms with van der Waals surface area (Å²) in [6, 6.07) is 19.1. The van der Waals surface area contributed by atoms with Crippen molar-refractivity contribution < 1.29 is 14.3 Å². The number of benzene rings is 2. The van der Waals surface area contributed by atoms with Gasteiger partial charge in [-0.25, -0.2) is 4.79 Å². The van der Waals surface area contributed by atoms with Gasteiger partial charge in [0, 0.05) is 22.7 Å². The second kappa shape index (κ2) is 8.49. The topological polar surface area (TPSA) is 58.6 Å². The number of thiophene rings is 1. The molecule has 0 saturated carbocycles. The molecule has 1 aliphatic rings. The second-order valence-electron chi connectivity index (χ2n) is 6.79. The molecule has 1 N–H and O–H groups in total. The largest absolute Gasteiger partial charge is 0.450 e. The summed E-state index contributed by atoms with van der Waals surface area (Å²) in [7, 11) is 0. The zero-order chi connectivity index (χ0) is 20.2. The third-order valence-corrected chi connectivity index (χ3v) is 5.97. The number of anilines is 1. The van der Waals surface area contributed by atoms with Gasteiger partial charge in [0.15, 0.2) is 0 Å². The number of rotatable bonds is 4. The smallest absolute Gasteiger partial charge is 0.411 e. The number of carbonyl (C=O) groups excluding carboxylic acids is 2. The zero-order valence-electron chi connectivity index (χ0n) is 16.1. The number of nitrogens with zero attached hydrogens (tertiary/aromatic N) is 1.